The lowest BCUT2D eigenvalue weighted by molar-refractivity contribution is -0.0627. The van der Waals surface area contributed by atoms with Crippen molar-refractivity contribution in [3.05, 3.63) is 47.3 Å². The SMILES string of the molecule is CCCCC[C@H]1CC[C@H](c2ccccc2C2(F)CC(F)(F)CC=C2F)CC1. The number of allylic oxidation sites excluding steroid dienone is 2. The van der Waals surface area contributed by atoms with Gasteiger partial charge in [0.2, 0.25) is 0 Å². The van der Waals surface area contributed by atoms with Crippen molar-refractivity contribution in [1.82, 2.24) is 0 Å². The van der Waals surface area contributed by atoms with Crippen LogP contribution in [0.15, 0.2) is 36.2 Å². The smallest absolute Gasteiger partial charge is 0.231 e. The van der Waals surface area contributed by atoms with E-state index in [0.29, 0.717) is 11.5 Å². The molecule has 4 heteroatoms. The van der Waals surface area contributed by atoms with Gasteiger partial charge in [-0.2, -0.15) is 0 Å². The zero-order valence-corrected chi connectivity index (χ0v) is 16.1. The Morgan fingerprint density at radius 3 is 2.41 bits per heavy atom. The van der Waals surface area contributed by atoms with E-state index in [0.717, 1.165) is 31.8 Å². The molecule has 2 aliphatic rings. The highest BCUT2D eigenvalue weighted by atomic mass is 19.3. The Morgan fingerprint density at radius 2 is 1.70 bits per heavy atom. The zero-order valence-electron chi connectivity index (χ0n) is 16.1. The van der Waals surface area contributed by atoms with Crippen molar-refractivity contribution in [2.45, 2.75) is 88.6 Å². The molecule has 0 heterocycles. The number of benzene rings is 1. The molecular weight excluding hydrogens is 352 g/mol. The Labute approximate surface area is 160 Å². The number of hydrogen-bond acceptors (Lipinski definition) is 0. The lowest BCUT2D eigenvalue weighted by Crippen LogP contribution is -2.36. The minimum absolute atomic E-state index is 0.104. The average molecular weight is 382 g/mol. The molecule has 1 fully saturated rings. The van der Waals surface area contributed by atoms with Gasteiger partial charge in [0, 0.05) is 6.42 Å². The van der Waals surface area contributed by atoms with Crippen LogP contribution >= 0.6 is 0 Å². The molecule has 1 unspecified atom stereocenters. The minimum atomic E-state index is -3.21. The Morgan fingerprint density at radius 1 is 1.00 bits per heavy atom. The van der Waals surface area contributed by atoms with Crippen molar-refractivity contribution in [2.24, 2.45) is 5.92 Å². The van der Waals surface area contributed by atoms with Crippen molar-refractivity contribution in [3.63, 3.8) is 0 Å². The number of alkyl halides is 3. The summed E-state index contributed by atoms with van der Waals surface area (Å²) in [6.07, 6.45) is 7.86. The minimum Gasteiger partial charge on any atom is -0.231 e. The van der Waals surface area contributed by atoms with E-state index in [1.54, 1.807) is 18.2 Å². The molecule has 1 saturated carbocycles. The van der Waals surface area contributed by atoms with Crippen LogP contribution in [-0.4, -0.2) is 5.92 Å². The zero-order chi connectivity index (χ0) is 19.5. The molecular formula is C23H30F4. The Kier molecular flexibility index (Phi) is 6.32. The van der Waals surface area contributed by atoms with Crippen molar-refractivity contribution in [2.75, 3.05) is 0 Å². The van der Waals surface area contributed by atoms with Crippen LogP contribution in [0.1, 0.15) is 88.2 Å². The van der Waals surface area contributed by atoms with E-state index >= 15 is 4.39 Å². The van der Waals surface area contributed by atoms with Gasteiger partial charge in [0.15, 0.2) is 5.67 Å². The van der Waals surface area contributed by atoms with Crippen LogP contribution in [0, 0.1) is 5.92 Å². The lowest BCUT2D eigenvalue weighted by Gasteiger charge is -2.36. The summed E-state index contributed by atoms with van der Waals surface area (Å²) in [7, 11) is 0. The first-order valence-corrected chi connectivity index (χ1v) is 10.4. The van der Waals surface area contributed by atoms with E-state index in [4.69, 9.17) is 0 Å². The van der Waals surface area contributed by atoms with E-state index in [2.05, 4.69) is 6.92 Å². The predicted octanol–water partition coefficient (Wildman–Crippen LogP) is 7.99. The summed E-state index contributed by atoms with van der Waals surface area (Å²) in [5.74, 6) is -3.45. The molecule has 0 spiro atoms. The molecule has 0 bridgehead atoms. The summed E-state index contributed by atoms with van der Waals surface area (Å²) in [5, 5.41) is 0. The maximum atomic E-state index is 15.6. The lowest BCUT2D eigenvalue weighted by atomic mass is 9.72. The van der Waals surface area contributed by atoms with Crippen LogP contribution in [0.3, 0.4) is 0 Å². The average Bonchev–Trinajstić information content (AvgIpc) is 2.66. The highest BCUT2D eigenvalue weighted by Gasteiger charge is 2.51. The summed E-state index contributed by atoms with van der Waals surface area (Å²) in [6.45, 7) is 2.20. The van der Waals surface area contributed by atoms with E-state index in [9.17, 15) is 13.2 Å². The molecule has 0 radical (unpaired) electrons. The van der Waals surface area contributed by atoms with Gasteiger partial charge in [0.25, 0.3) is 5.92 Å². The predicted molar refractivity (Wildman–Crippen MR) is 101 cm³/mol. The largest absolute Gasteiger partial charge is 0.255 e. The molecule has 1 atom stereocenters. The maximum absolute atomic E-state index is 15.6. The van der Waals surface area contributed by atoms with E-state index in [1.807, 2.05) is 0 Å². The number of hydrogen-bond donors (Lipinski definition) is 0. The van der Waals surface area contributed by atoms with Crippen molar-refractivity contribution < 1.29 is 17.6 Å². The fourth-order valence-electron chi connectivity index (χ4n) is 4.80. The first kappa shape index (κ1) is 20.4. The molecule has 150 valence electrons. The van der Waals surface area contributed by atoms with Crippen LogP contribution in [0.5, 0.6) is 0 Å². The van der Waals surface area contributed by atoms with E-state index < -0.39 is 30.3 Å². The summed E-state index contributed by atoms with van der Waals surface area (Å²) in [4.78, 5) is 0. The van der Waals surface area contributed by atoms with Crippen molar-refractivity contribution in [3.8, 4) is 0 Å². The van der Waals surface area contributed by atoms with Gasteiger partial charge in [-0.1, -0.05) is 56.9 Å². The van der Waals surface area contributed by atoms with E-state index in [1.165, 1.54) is 31.7 Å². The topological polar surface area (TPSA) is 0 Å². The summed E-state index contributed by atoms with van der Waals surface area (Å²) < 4.78 is 57.7. The Balaban J connectivity index is 1.78. The van der Waals surface area contributed by atoms with Crippen LogP contribution in [0.2, 0.25) is 0 Å². The van der Waals surface area contributed by atoms with Crippen LogP contribution < -0.4 is 0 Å². The number of rotatable bonds is 6. The van der Waals surface area contributed by atoms with Crippen LogP contribution in [0.4, 0.5) is 17.6 Å². The molecule has 0 aromatic heterocycles. The van der Waals surface area contributed by atoms with Gasteiger partial charge in [-0.25, -0.2) is 17.6 Å². The second kappa shape index (κ2) is 8.36. The van der Waals surface area contributed by atoms with Crippen LogP contribution in [-0.2, 0) is 5.67 Å². The normalized spacial score (nSPS) is 30.8. The monoisotopic (exact) mass is 382 g/mol. The fourth-order valence-corrected chi connectivity index (χ4v) is 4.80. The molecule has 1 aromatic rings. The second-order valence-corrected chi connectivity index (χ2v) is 8.39. The van der Waals surface area contributed by atoms with Crippen molar-refractivity contribution >= 4 is 0 Å². The first-order chi connectivity index (χ1) is 12.9. The standard InChI is InChI=1S/C23H30F4/c1-2-3-4-7-17-10-12-18(13-11-17)19-8-5-6-9-20(19)23(27)16-22(25,26)15-14-21(23)24/h5-6,8-9,14,17-18H,2-4,7,10-13,15-16H2,1H3/t17-,18-,23?. The second-order valence-electron chi connectivity index (χ2n) is 8.39. The molecule has 3 rings (SSSR count). The molecule has 0 nitrogen and oxygen atoms in total. The molecule has 27 heavy (non-hydrogen) atoms. The van der Waals surface area contributed by atoms with Gasteiger partial charge in [-0.3, -0.25) is 0 Å². The quantitative estimate of drug-likeness (QED) is 0.345. The van der Waals surface area contributed by atoms with Gasteiger partial charge in [-0.05, 0) is 54.7 Å². The van der Waals surface area contributed by atoms with Gasteiger partial charge < -0.3 is 0 Å². The number of halogens is 4. The number of unbranched alkanes of at least 4 members (excludes halogenated alkanes) is 2. The van der Waals surface area contributed by atoms with Gasteiger partial charge in [0.1, 0.15) is 5.83 Å². The molecule has 0 amide bonds. The first-order valence-electron chi connectivity index (χ1n) is 10.4. The molecule has 1 aromatic carbocycles. The maximum Gasteiger partial charge on any atom is 0.255 e. The third-order valence-corrected chi connectivity index (χ3v) is 6.35. The summed E-state index contributed by atoms with van der Waals surface area (Å²) >= 11 is 0. The van der Waals surface area contributed by atoms with Crippen LogP contribution in [0.25, 0.3) is 0 Å². The van der Waals surface area contributed by atoms with E-state index in [-0.39, 0.29) is 11.5 Å². The highest BCUT2D eigenvalue weighted by molar-refractivity contribution is 5.41. The highest BCUT2D eigenvalue weighted by Crippen LogP contribution is 2.51. The Bertz CT molecular complexity index is 658. The van der Waals surface area contributed by atoms with Gasteiger partial charge >= 0.3 is 0 Å². The van der Waals surface area contributed by atoms with Gasteiger partial charge in [0.05, 0.1) is 6.42 Å². The third kappa shape index (κ3) is 4.57. The van der Waals surface area contributed by atoms with Gasteiger partial charge in [-0.15, -0.1) is 0 Å². The molecule has 0 N–H and O–H groups in total. The summed E-state index contributed by atoms with van der Waals surface area (Å²) in [5.41, 5.74) is -1.89. The fraction of sp³-hybridized carbons (Fsp3) is 0.652. The molecule has 0 saturated heterocycles. The molecule has 2 aliphatic carbocycles. The summed E-state index contributed by atoms with van der Waals surface area (Å²) in [6, 6.07) is 6.73. The molecule has 0 aliphatic heterocycles. The third-order valence-electron chi connectivity index (χ3n) is 6.35. The Hall–Kier alpha value is -1.32. The van der Waals surface area contributed by atoms with Crippen molar-refractivity contribution in [1.29, 1.82) is 0 Å².